The van der Waals surface area contributed by atoms with E-state index in [-0.39, 0.29) is 6.42 Å². The van der Waals surface area contributed by atoms with E-state index in [1.165, 1.54) is 0 Å². The van der Waals surface area contributed by atoms with Crippen LogP contribution in [0.1, 0.15) is 12.6 Å². The van der Waals surface area contributed by atoms with Crippen molar-refractivity contribution in [2.75, 3.05) is 0 Å². The molecule has 0 spiro atoms. The van der Waals surface area contributed by atoms with Crippen LogP contribution in [0.4, 0.5) is 0 Å². The summed E-state index contributed by atoms with van der Waals surface area (Å²) in [6, 6.07) is 3.74. The number of nitrogens with zero attached hydrogens (tertiary/aromatic N) is 3. The molecular weight excluding hydrogens is 218 g/mol. The molecule has 1 N–H and O–H groups in total. The van der Waals surface area contributed by atoms with Crippen LogP contribution < -0.4 is 0 Å². The Hall–Kier alpha value is -2.17. The number of aliphatic carboxylic acids is 1. The van der Waals surface area contributed by atoms with Crippen molar-refractivity contribution in [1.29, 1.82) is 0 Å². The quantitative estimate of drug-likeness (QED) is 0.867. The highest BCUT2D eigenvalue weighted by Gasteiger charge is 2.12. The molecule has 0 aromatic carbocycles. The van der Waals surface area contributed by atoms with Gasteiger partial charge in [-0.05, 0) is 19.1 Å². The molecular formula is C12H13N3O2. The Morgan fingerprint density at radius 1 is 1.47 bits per heavy atom. The first kappa shape index (κ1) is 11.3. The fourth-order valence-corrected chi connectivity index (χ4v) is 1.79. The predicted molar refractivity (Wildman–Crippen MR) is 62.5 cm³/mol. The molecule has 2 aromatic heterocycles. The van der Waals surface area contributed by atoms with Crippen LogP contribution in [0.2, 0.25) is 0 Å². The minimum atomic E-state index is -0.850. The Kier molecular flexibility index (Phi) is 3.18. The molecule has 17 heavy (non-hydrogen) atoms. The summed E-state index contributed by atoms with van der Waals surface area (Å²) in [4.78, 5) is 19.0. The molecule has 0 aliphatic carbocycles. The molecule has 5 heteroatoms. The lowest BCUT2D eigenvalue weighted by molar-refractivity contribution is -0.136. The zero-order chi connectivity index (χ0) is 12.3. The second kappa shape index (κ2) is 4.78. The summed E-state index contributed by atoms with van der Waals surface area (Å²) in [5, 5.41) is 8.81. The Morgan fingerprint density at radius 2 is 2.29 bits per heavy atom. The van der Waals surface area contributed by atoms with Gasteiger partial charge < -0.3 is 9.67 Å². The van der Waals surface area contributed by atoms with E-state index in [4.69, 9.17) is 5.11 Å². The molecule has 0 unspecified atom stereocenters. The molecule has 0 saturated heterocycles. The third-order valence-electron chi connectivity index (χ3n) is 2.51. The predicted octanol–water partition coefficient (Wildman–Crippen LogP) is 1.59. The van der Waals surface area contributed by atoms with Crippen molar-refractivity contribution < 1.29 is 9.90 Å². The molecule has 88 valence electrons. The van der Waals surface area contributed by atoms with E-state index in [1.54, 1.807) is 18.6 Å². The third kappa shape index (κ3) is 2.33. The van der Waals surface area contributed by atoms with Crippen molar-refractivity contribution in [2.45, 2.75) is 19.9 Å². The van der Waals surface area contributed by atoms with E-state index in [0.717, 1.165) is 11.4 Å². The number of pyridine rings is 1. The van der Waals surface area contributed by atoms with E-state index >= 15 is 0 Å². The molecule has 2 rings (SSSR count). The fourth-order valence-electron chi connectivity index (χ4n) is 1.79. The van der Waals surface area contributed by atoms with Crippen LogP contribution in [0.5, 0.6) is 0 Å². The van der Waals surface area contributed by atoms with Gasteiger partial charge in [0.1, 0.15) is 5.82 Å². The standard InChI is InChI=1S/C12H13N3O2/c1-2-15-10(6-11(16)17)8-14-12(15)9-4-3-5-13-7-9/h3-5,7-8H,2,6H2,1H3,(H,16,17). The van der Waals surface area contributed by atoms with Gasteiger partial charge in [0.2, 0.25) is 0 Å². The van der Waals surface area contributed by atoms with Crippen molar-refractivity contribution in [1.82, 2.24) is 14.5 Å². The third-order valence-corrected chi connectivity index (χ3v) is 2.51. The molecule has 0 aliphatic rings. The van der Waals surface area contributed by atoms with Crippen LogP contribution in [-0.2, 0) is 17.8 Å². The van der Waals surface area contributed by atoms with Crippen LogP contribution in [-0.4, -0.2) is 25.6 Å². The van der Waals surface area contributed by atoms with Gasteiger partial charge in [-0.1, -0.05) is 0 Å². The number of hydrogen-bond donors (Lipinski definition) is 1. The average molecular weight is 231 g/mol. The second-order valence-electron chi connectivity index (χ2n) is 3.63. The minimum absolute atomic E-state index is 0.0128. The van der Waals surface area contributed by atoms with Gasteiger partial charge in [0.05, 0.1) is 6.42 Å². The summed E-state index contributed by atoms with van der Waals surface area (Å²) in [7, 11) is 0. The first-order chi connectivity index (χ1) is 8.22. The van der Waals surface area contributed by atoms with E-state index in [2.05, 4.69) is 9.97 Å². The summed E-state index contributed by atoms with van der Waals surface area (Å²) in [6.45, 7) is 2.65. The van der Waals surface area contributed by atoms with Crippen molar-refractivity contribution in [2.24, 2.45) is 0 Å². The molecule has 0 aliphatic heterocycles. The van der Waals surface area contributed by atoms with Crippen LogP contribution in [0.15, 0.2) is 30.7 Å². The first-order valence-corrected chi connectivity index (χ1v) is 5.39. The van der Waals surface area contributed by atoms with Crippen molar-refractivity contribution in [3.63, 3.8) is 0 Å². The zero-order valence-electron chi connectivity index (χ0n) is 9.50. The molecule has 0 saturated carbocycles. The summed E-state index contributed by atoms with van der Waals surface area (Å²) in [5.41, 5.74) is 1.60. The lowest BCUT2D eigenvalue weighted by Crippen LogP contribution is -2.08. The lowest BCUT2D eigenvalue weighted by Gasteiger charge is -2.07. The fraction of sp³-hybridized carbons (Fsp3) is 0.250. The number of carboxylic acid groups (broad SMARTS) is 1. The van der Waals surface area contributed by atoms with Gasteiger partial charge in [-0.2, -0.15) is 0 Å². The maximum Gasteiger partial charge on any atom is 0.309 e. The highest BCUT2D eigenvalue weighted by molar-refractivity contribution is 5.70. The van der Waals surface area contributed by atoms with E-state index < -0.39 is 5.97 Å². The maximum absolute atomic E-state index is 10.7. The average Bonchev–Trinajstić information content (AvgIpc) is 2.72. The molecule has 0 fully saturated rings. The molecule has 2 aromatic rings. The molecule has 2 heterocycles. The normalized spacial score (nSPS) is 10.4. The van der Waals surface area contributed by atoms with Crippen molar-refractivity contribution >= 4 is 5.97 Å². The molecule has 5 nitrogen and oxygen atoms in total. The van der Waals surface area contributed by atoms with Crippen LogP contribution >= 0.6 is 0 Å². The first-order valence-electron chi connectivity index (χ1n) is 5.39. The van der Waals surface area contributed by atoms with E-state index in [1.807, 2.05) is 23.6 Å². The van der Waals surface area contributed by atoms with Gasteiger partial charge in [0.25, 0.3) is 0 Å². The van der Waals surface area contributed by atoms with E-state index in [9.17, 15) is 4.79 Å². The number of rotatable bonds is 4. The largest absolute Gasteiger partial charge is 0.481 e. The Morgan fingerprint density at radius 3 is 2.88 bits per heavy atom. The minimum Gasteiger partial charge on any atom is -0.481 e. The maximum atomic E-state index is 10.7. The van der Waals surface area contributed by atoms with Crippen LogP contribution in [0.25, 0.3) is 11.4 Å². The van der Waals surface area contributed by atoms with Crippen LogP contribution in [0, 0.1) is 0 Å². The van der Waals surface area contributed by atoms with Gasteiger partial charge in [0, 0.05) is 36.4 Å². The SMILES string of the molecule is CCn1c(CC(=O)O)cnc1-c1cccnc1. The van der Waals surface area contributed by atoms with Crippen molar-refractivity contribution in [3.8, 4) is 11.4 Å². The Bertz CT molecular complexity index is 520. The monoisotopic (exact) mass is 231 g/mol. The zero-order valence-corrected chi connectivity index (χ0v) is 9.50. The second-order valence-corrected chi connectivity index (χ2v) is 3.63. The molecule has 0 atom stereocenters. The number of aromatic nitrogens is 3. The van der Waals surface area contributed by atoms with Gasteiger partial charge in [0.15, 0.2) is 0 Å². The topological polar surface area (TPSA) is 68.0 Å². The summed E-state index contributed by atoms with van der Waals surface area (Å²) in [6.07, 6.45) is 5.01. The van der Waals surface area contributed by atoms with Gasteiger partial charge in [-0.25, -0.2) is 4.98 Å². The van der Waals surface area contributed by atoms with E-state index in [0.29, 0.717) is 12.2 Å². The number of imidazole rings is 1. The smallest absolute Gasteiger partial charge is 0.309 e. The molecule has 0 bridgehead atoms. The van der Waals surface area contributed by atoms with Gasteiger partial charge in [-0.15, -0.1) is 0 Å². The summed E-state index contributed by atoms with van der Waals surface area (Å²) >= 11 is 0. The Labute approximate surface area is 98.8 Å². The molecule has 0 radical (unpaired) electrons. The summed E-state index contributed by atoms with van der Waals surface area (Å²) < 4.78 is 1.89. The summed E-state index contributed by atoms with van der Waals surface area (Å²) in [5.74, 6) is -0.0887. The highest BCUT2D eigenvalue weighted by Crippen LogP contribution is 2.18. The number of carboxylic acids is 1. The number of carbonyl (C=O) groups is 1. The van der Waals surface area contributed by atoms with Gasteiger partial charge in [-0.3, -0.25) is 9.78 Å². The van der Waals surface area contributed by atoms with Crippen LogP contribution in [0.3, 0.4) is 0 Å². The number of hydrogen-bond acceptors (Lipinski definition) is 3. The van der Waals surface area contributed by atoms with Crippen molar-refractivity contribution in [3.05, 3.63) is 36.4 Å². The molecule has 0 amide bonds. The lowest BCUT2D eigenvalue weighted by atomic mass is 10.2. The Balaban J connectivity index is 2.42. The van der Waals surface area contributed by atoms with Gasteiger partial charge >= 0.3 is 5.97 Å². The highest BCUT2D eigenvalue weighted by atomic mass is 16.4.